The van der Waals surface area contributed by atoms with Crippen molar-refractivity contribution < 1.29 is 20.1 Å². The van der Waals surface area contributed by atoms with Crippen molar-refractivity contribution in [3.8, 4) is 0 Å². The van der Waals surface area contributed by atoms with Crippen LogP contribution in [-0.2, 0) is 0 Å². The topological polar surface area (TPSA) is 80.9 Å². The fourth-order valence-electron chi connectivity index (χ4n) is 1.48. The molecule has 1 radical (unpaired) electrons. The maximum atomic E-state index is 9.08. The van der Waals surface area contributed by atoms with Gasteiger partial charge in [0.2, 0.25) is 0 Å². The van der Waals surface area contributed by atoms with Gasteiger partial charge in [-0.05, 0) is 16.2 Å². The zero-order chi connectivity index (χ0) is 12.0. The molecular formula is C10H11B2O4. The van der Waals surface area contributed by atoms with Crippen LogP contribution in [0.25, 0.3) is 10.8 Å². The van der Waals surface area contributed by atoms with Crippen LogP contribution in [0.5, 0.6) is 0 Å². The Bertz CT molecular complexity index is 442. The molecule has 0 aliphatic carbocycles. The SMILES string of the molecule is OB(O)c1cccc2ccccc12.O[B]O. The zero-order valence-corrected chi connectivity index (χ0v) is 8.49. The van der Waals surface area contributed by atoms with E-state index >= 15 is 0 Å². The fourth-order valence-corrected chi connectivity index (χ4v) is 1.48. The predicted molar refractivity (Wildman–Crippen MR) is 64.0 cm³/mol. The summed E-state index contributed by atoms with van der Waals surface area (Å²) in [6.07, 6.45) is 0. The third kappa shape index (κ3) is 3.08. The van der Waals surface area contributed by atoms with Crippen LogP contribution in [0, 0.1) is 0 Å². The molecule has 0 fully saturated rings. The van der Waals surface area contributed by atoms with Crippen LogP contribution in [-0.4, -0.2) is 34.9 Å². The van der Waals surface area contributed by atoms with Crippen molar-refractivity contribution in [2.45, 2.75) is 0 Å². The number of hydrogen-bond acceptors (Lipinski definition) is 4. The van der Waals surface area contributed by atoms with Crippen LogP contribution in [0.15, 0.2) is 42.5 Å². The molecule has 0 unspecified atom stereocenters. The van der Waals surface area contributed by atoms with Crippen molar-refractivity contribution in [3.63, 3.8) is 0 Å². The molecule has 0 aromatic heterocycles. The molecule has 0 bridgehead atoms. The summed E-state index contributed by atoms with van der Waals surface area (Å²) in [5, 5.41) is 34.1. The normalized spacial score (nSPS) is 9.25. The maximum absolute atomic E-state index is 9.08. The maximum Gasteiger partial charge on any atom is 0.489 e. The molecule has 4 N–H and O–H groups in total. The molecule has 0 saturated carbocycles. The molecule has 0 saturated heterocycles. The van der Waals surface area contributed by atoms with E-state index in [1.54, 1.807) is 6.07 Å². The van der Waals surface area contributed by atoms with Gasteiger partial charge in [-0.1, -0.05) is 42.5 Å². The summed E-state index contributed by atoms with van der Waals surface area (Å²) in [7, 11) is -1.40. The summed E-state index contributed by atoms with van der Waals surface area (Å²) in [6, 6.07) is 13.1. The molecule has 4 nitrogen and oxygen atoms in total. The largest absolute Gasteiger partial charge is 0.489 e. The molecule has 16 heavy (non-hydrogen) atoms. The lowest BCUT2D eigenvalue weighted by Crippen LogP contribution is -2.30. The van der Waals surface area contributed by atoms with E-state index in [2.05, 4.69) is 0 Å². The second-order valence-electron chi connectivity index (χ2n) is 3.06. The minimum Gasteiger partial charge on any atom is -0.429 e. The first-order valence-corrected chi connectivity index (χ1v) is 4.64. The summed E-state index contributed by atoms with van der Waals surface area (Å²) in [6.45, 7) is 0. The van der Waals surface area contributed by atoms with E-state index in [9.17, 15) is 0 Å². The Kier molecular flexibility index (Phi) is 5.01. The molecule has 2 aromatic rings. The van der Waals surface area contributed by atoms with Gasteiger partial charge in [0, 0.05) is 0 Å². The Labute approximate surface area is 94.2 Å². The first-order chi connectivity index (χ1) is 7.70. The summed E-state index contributed by atoms with van der Waals surface area (Å²) in [4.78, 5) is 0. The third-order valence-electron chi connectivity index (χ3n) is 2.10. The highest BCUT2D eigenvalue weighted by Crippen LogP contribution is 2.10. The van der Waals surface area contributed by atoms with E-state index in [4.69, 9.17) is 20.1 Å². The molecule has 6 heteroatoms. The van der Waals surface area contributed by atoms with Gasteiger partial charge in [0.25, 0.3) is 0 Å². The molecule has 0 aliphatic heterocycles. The van der Waals surface area contributed by atoms with Crippen LogP contribution in [0.1, 0.15) is 0 Å². The van der Waals surface area contributed by atoms with Crippen LogP contribution in [0.4, 0.5) is 0 Å². The van der Waals surface area contributed by atoms with Crippen molar-refractivity contribution in [2.75, 3.05) is 0 Å². The van der Waals surface area contributed by atoms with E-state index in [1.165, 1.54) is 0 Å². The van der Waals surface area contributed by atoms with Gasteiger partial charge in [-0.3, -0.25) is 0 Å². The lowest BCUT2D eigenvalue weighted by molar-refractivity contribution is 0.426. The van der Waals surface area contributed by atoms with E-state index in [0.717, 1.165) is 10.8 Å². The molecule has 2 rings (SSSR count). The molecule has 0 aliphatic rings. The quantitative estimate of drug-likeness (QED) is 0.463. The van der Waals surface area contributed by atoms with Gasteiger partial charge in [0.15, 0.2) is 0 Å². The Hall–Kier alpha value is -1.33. The van der Waals surface area contributed by atoms with Gasteiger partial charge in [-0.2, -0.15) is 0 Å². The highest BCUT2D eigenvalue weighted by Gasteiger charge is 2.13. The van der Waals surface area contributed by atoms with E-state index in [-0.39, 0.29) is 7.69 Å². The predicted octanol–water partition coefficient (Wildman–Crippen LogP) is -0.975. The molecule has 0 heterocycles. The van der Waals surface area contributed by atoms with E-state index in [0.29, 0.717) is 5.46 Å². The Morgan fingerprint density at radius 1 is 0.875 bits per heavy atom. The standard InChI is InChI=1S/C10H9BO2.BH2O2/c12-11(13)10-7-3-5-8-4-1-2-6-9(8)10;2-1-3/h1-7,12-13H;2-3H. The molecule has 0 amide bonds. The summed E-state index contributed by atoms with van der Waals surface area (Å²) in [5.41, 5.74) is 0.554. The van der Waals surface area contributed by atoms with Gasteiger partial charge in [-0.15, -0.1) is 0 Å². The zero-order valence-electron chi connectivity index (χ0n) is 8.49. The molecule has 81 valence electrons. The summed E-state index contributed by atoms with van der Waals surface area (Å²) < 4.78 is 0. The Morgan fingerprint density at radius 2 is 1.44 bits per heavy atom. The Balaban J connectivity index is 0.000000386. The molecule has 2 aromatic carbocycles. The van der Waals surface area contributed by atoms with Crippen LogP contribution >= 0.6 is 0 Å². The van der Waals surface area contributed by atoms with Crippen LogP contribution in [0.3, 0.4) is 0 Å². The highest BCUT2D eigenvalue weighted by molar-refractivity contribution is 6.61. The van der Waals surface area contributed by atoms with Gasteiger partial charge < -0.3 is 20.1 Å². The van der Waals surface area contributed by atoms with Crippen molar-refractivity contribution in [2.24, 2.45) is 0 Å². The second-order valence-corrected chi connectivity index (χ2v) is 3.06. The minimum absolute atomic E-state index is 0. The van der Waals surface area contributed by atoms with Gasteiger partial charge in [0.05, 0.1) is 0 Å². The van der Waals surface area contributed by atoms with Gasteiger partial charge >= 0.3 is 14.8 Å². The van der Waals surface area contributed by atoms with E-state index in [1.807, 2.05) is 36.4 Å². The monoisotopic (exact) mass is 217 g/mol. The lowest BCUT2D eigenvalue weighted by Gasteiger charge is -2.03. The fraction of sp³-hybridized carbons (Fsp3) is 0. The minimum atomic E-state index is -1.40. The third-order valence-corrected chi connectivity index (χ3v) is 2.10. The van der Waals surface area contributed by atoms with Gasteiger partial charge in [0.1, 0.15) is 0 Å². The number of hydrogen-bond donors (Lipinski definition) is 4. The van der Waals surface area contributed by atoms with Crippen molar-refractivity contribution in [1.82, 2.24) is 0 Å². The molecule has 0 atom stereocenters. The van der Waals surface area contributed by atoms with Crippen LogP contribution < -0.4 is 5.46 Å². The summed E-state index contributed by atoms with van der Waals surface area (Å²) >= 11 is 0. The van der Waals surface area contributed by atoms with E-state index < -0.39 is 7.12 Å². The number of benzene rings is 2. The van der Waals surface area contributed by atoms with Gasteiger partial charge in [-0.25, -0.2) is 0 Å². The van der Waals surface area contributed by atoms with Crippen molar-refractivity contribution in [3.05, 3.63) is 42.5 Å². The average Bonchev–Trinajstić information content (AvgIpc) is 2.29. The molecule has 0 spiro atoms. The van der Waals surface area contributed by atoms with Crippen molar-refractivity contribution >= 4 is 31.0 Å². The lowest BCUT2D eigenvalue weighted by atomic mass is 9.77. The number of rotatable bonds is 1. The Morgan fingerprint density at radius 3 is 2.06 bits per heavy atom. The second kappa shape index (κ2) is 6.30. The van der Waals surface area contributed by atoms with Crippen molar-refractivity contribution in [1.29, 1.82) is 0 Å². The highest BCUT2D eigenvalue weighted by atomic mass is 16.4. The number of fused-ring (bicyclic) bond motifs is 1. The first kappa shape index (κ1) is 12.7. The summed E-state index contributed by atoms with van der Waals surface area (Å²) in [5.74, 6) is 0. The molecular weight excluding hydrogens is 206 g/mol. The van der Waals surface area contributed by atoms with Crippen LogP contribution in [0.2, 0.25) is 0 Å². The first-order valence-electron chi connectivity index (χ1n) is 4.64. The smallest absolute Gasteiger partial charge is 0.429 e. The average molecular weight is 217 g/mol.